The lowest BCUT2D eigenvalue weighted by molar-refractivity contribution is -0.400. The molecule has 0 amide bonds. The molecule has 78 valence electrons. The molecule has 0 saturated carbocycles. The van der Waals surface area contributed by atoms with Crippen LogP contribution >= 0.6 is 0 Å². The zero-order valence-electron chi connectivity index (χ0n) is 7.45. The molecule has 0 spiro atoms. The van der Waals surface area contributed by atoms with Crippen molar-refractivity contribution in [1.82, 2.24) is 0 Å². The molecule has 0 aliphatic heterocycles. The van der Waals surface area contributed by atoms with E-state index in [0.717, 1.165) is 12.1 Å². The number of hydrogen-bond donors (Lipinski definition) is 2. The molecule has 6 nitrogen and oxygen atoms in total. The summed E-state index contributed by atoms with van der Waals surface area (Å²) < 4.78 is 0. The molecule has 0 bridgehead atoms. The van der Waals surface area contributed by atoms with E-state index in [-0.39, 0.29) is 11.3 Å². The van der Waals surface area contributed by atoms with E-state index >= 15 is 0 Å². The van der Waals surface area contributed by atoms with E-state index in [1.165, 1.54) is 12.1 Å². The molecular formula is C9H7NO5. The number of aromatic carboxylic acids is 1. The van der Waals surface area contributed by atoms with Gasteiger partial charge in [-0.25, -0.2) is 4.79 Å². The molecule has 0 fully saturated rings. The minimum Gasteiger partial charge on any atom is -0.507 e. The van der Waals surface area contributed by atoms with Gasteiger partial charge in [-0.2, -0.15) is 0 Å². The maximum atomic E-state index is 10.6. The number of carbonyl (C=O) groups is 1. The molecule has 1 aromatic rings. The van der Waals surface area contributed by atoms with Crippen molar-refractivity contribution in [2.24, 2.45) is 0 Å². The van der Waals surface area contributed by atoms with Crippen molar-refractivity contribution in [3.05, 3.63) is 45.6 Å². The monoisotopic (exact) mass is 209 g/mol. The Morgan fingerprint density at radius 3 is 2.67 bits per heavy atom. The first kappa shape index (κ1) is 10.7. The van der Waals surface area contributed by atoms with Crippen LogP contribution in [0.2, 0.25) is 0 Å². The molecule has 0 saturated heterocycles. The number of hydrogen-bond acceptors (Lipinski definition) is 4. The number of nitrogens with zero attached hydrogens (tertiary/aromatic N) is 1. The van der Waals surface area contributed by atoms with Gasteiger partial charge in [-0.15, -0.1) is 0 Å². The molecule has 0 radical (unpaired) electrons. The minimum absolute atomic E-state index is 0.291. The van der Waals surface area contributed by atoms with Crippen LogP contribution in [0.5, 0.6) is 5.75 Å². The first-order valence-corrected chi connectivity index (χ1v) is 3.88. The zero-order valence-corrected chi connectivity index (χ0v) is 7.45. The Kier molecular flexibility index (Phi) is 3.02. The van der Waals surface area contributed by atoms with Crippen LogP contribution in [0, 0.1) is 10.1 Å². The third kappa shape index (κ3) is 2.80. The van der Waals surface area contributed by atoms with Gasteiger partial charge in [-0.05, 0) is 17.7 Å². The van der Waals surface area contributed by atoms with E-state index in [0.29, 0.717) is 11.8 Å². The molecule has 0 aliphatic rings. The molecule has 15 heavy (non-hydrogen) atoms. The highest BCUT2D eigenvalue weighted by Gasteiger charge is 2.09. The second-order valence-electron chi connectivity index (χ2n) is 2.68. The van der Waals surface area contributed by atoms with Gasteiger partial charge in [0.05, 0.1) is 4.92 Å². The molecule has 2 N–H and O–H groups in total. The van der Waals surface area contributed by atoms with Crippen LogP contribution in [0.3, 0.4) is 0 Å². The average Bonchev–Trinajstić information content (AvgIpc) is 2.16. The first-order chi connectivity index (χ1) is 7.00. The summed E-state index contributed by atoms with van der Waals surface area (Å²) in [5.41, 5.74) is 0.0439. The summed E-state index contributed by atoms with van der Waals surface area (Å²) in [7, 11) is 0. The molecular weight excluding hydrogens is 202 g/mol. The molecule has 0 heterocycles. The Morgan fingerprint density at radius 1 is 1.47 bits per heavy atom. The zero-order chi connectivity index (χ0) is 11.4. The Labute approximate surface area is 84.2 Å². The Bertz CT molecular complexity index is 438. The lowest BCUT2D eigenvalue weighted by Gasteiger charge is -1.99. The topological polar surface area (TPSA) is 101 Å². The van der Waals surface area contributed by atoms with E-state index in [9.17, 15) is 14.9 Å². The van der Waals surface area contributed by atoms with Crippen LogP contribution in [0.15, 0.2) is 24.4 Å². The summed E-state index contributed by atoms with van der Waals surface area (Å²) in [5.74, 6) is -1.66. The predicted molar refractivity (Wildman–Crippen MR) is 51.1 cm³/mol. The van der Waals surface area contributed by atoms with E-state index in [1.807, 2.05) is 0 Å². The molecule has 0 aromatic heterocycles. The molecule has 1 aromatic carbocycles. The van der Waals surface area contributed by atoms with Crippen LogP contribution < -0.4 is 0 Å². The van der Waals surface area contributed by atoms with Gasteiger partial charge in [-0.3, -0.25) is 10.1 Å². The van der Waals surface area contributed by atoms with Gasteiger partial charge in [-0.1, -0.05) is 6.07 Å². The quantitative estimate of drug-likeness (QED) is 0.577. The smallest absolute Gasteiger partial charge is 0.339 e. The third-order valence-electron chi connectivity index (χ3n) is 1.64. The Balaban J connectivity index is 3.08. The van der Waals surface area contributed by atoms with Crippen LogP contribution in [0.1, 0.15) is 15.9 Å². The molecule has 0 aliphatic carbocycles. The highest BCUT2D eigenvalue weighted by atomic mass is 16.6. The van der Waals surface area contributed by atoms with Gasteiger partial charge in [0.15, 0.2) is 0 Å². The number of carboxylic acid groups (broad SMARTS) is 1. The Morgan fingerprint density at radius 2 is 2.13 bits per heavy atom. The summed E-state index contributed by atoms with van der Waals surface area (Å²) in [6, 6.07) is 3.70. The molecule has 1 rings (SSSR count). The fraction of sp³-hybridized carbons (Fsp3) is 0. The highest BCUT2D eigenvalue weighted by molar-refractivity contribution is 5.91. The number of rotatable bonds is 3. The van der Waals surface area contributed by atoms with Gasteiger partial charge >= 0.3 is 5.97 Å². The third-order valence-corrected chi connectivity index (χ3v) is 1.64. The molecule has 0 unspecified atom stereocenters. The summed E-state index contributed by atoms with van der Waals surface area (Å²) in [6.45, 7) is 0. The van der Waals surface area contributed by atoms with Crippen molar-refractivity contribution >= 4 is 12.0 Å². The normalized spacial score (nSPS) is 10.4. The van der Waals surface area contributed by atoms with Crippen molar-refractivity contribution < 1.29 is 19.9 Å². The lowest BCUT2D eigenvalue weighted by Crippen LogP contribution is -1.97. The van der Waals surface area contributed by atoms with E-state index in [2.05, 4.69) is 0 Å². The summed E-state index contributed by atoms with van der Waals surface area (Å²) in [5, 5.41) is 27.8. The van der Waals surface area contributed by atoms with Gasteiger partial charge in [0.25, 0.3) is 0 Å². The fourth-order valence-electron chi connectivity index (χ4n) is 0.976. The van der Waals surface area contributed by atoms with Gasteiger partial charge in [0.1, 0.15) is 11.3 Å². The van der Waals surface area contributed by atoms with Crippen LogP contribution in [-0.4, -0.2) is 21.1 Å². The molecule has 0 atom stereocenters. The maximum Gasteiger partial charge on any atom is 0.339 e. The number of phenols is 1. The second kappa shape index (κ2) is 4.23. The van der Waals surface area contributed by atoms with Crippen LogP contribution in [0.4, 0.5) is 0 Å². The average molecular weight is 209 g/mol. The number of benzene rings is 1. The summed E-state index contributed by atoms with van der Waals surface area (Å²) >= 11 is 0. The number of carboxylic acids is 1. The summed E-state index contributed by atoms with van der Waals surface area (Å²) in [6.07, 6.45) is 1.84. The summed E-state index contributed by atoms with van der Waals surface area (Å²) in [4.78, 5) is 19.9. The lowest BCUT2D eigenvalue weighted by atomic mass is 10.1. The maximum absolute atomic E-state index is 10.6. The SMILES string of the molecule is O=C(O)c1cc(C=C[N+](=O)[O-])ccc1O. The van der Waals surface area contributed by atoms with E-state index < -0.39 is 10.9 Å². The van der Waals surface area contributed by atoms with Gasteiger partial charge in [0.2, 0.25) is 6.20 Å². The minimum atomic E-state index is -1.29. The number of aromatic hydroxyl groups is 1. The fourth-order valence-corrected chi connectivity index (χ4v) is 0.976. The van der Waals surface area contributed by atoms with Crippen molar-refractivity contribution in [1.29, 1.82) is 0 Å². The highest BCUT2D eigenvalue weighted by Crippen LogP contribution is 2.19. The van der Waals surface area contributed by atoms with Gasteiger partial charge < -0.3 is 10.2 Å². The number of nitro groups is 1. The second-order valence-corrected chi connectivity index (χ2v) is 2.68. The predicted octanol–water partition coefficient (Wildman–Crippen LogP) is 1.34. The van der Waals surface area contributed by atoms with Crippen molar-refractivity contribution in [3.8, 4) is 5.75 Å². The van der Waals surface area contributed by atoms with Crippen molar-refractivity contribution in [2.75, 3.05) is 0 Å². The van der Waals surface area contributed by atoms with Crippen molar-refractivity contribution in [3.63, 3.8) is 0 Å². The first-order valence-electron chi connectivity index (χ1n) is 3.88. The van der Waals surface area contributed by atoms with E-state index in [1.54, 1.807) is 0 Å². The van der Waals surface area contributed by atoms with Crippen LogP contribution in [0.25, 0.3) is 6.08 Å². The van der Waals surface area contributed by atoms with Gasteiger partial charge in [0, 0.05) is 6.08 Å². The van der Waals surface area contributed by atoms with Crippen molar-refractivity contribution in [2.45, 2.75) is 0 Å². The van der Waals surface area contributed by atoms with Crippen LogP contribution in [-0.2, 0) is 0 Å². The molecule has 6 heteroatoms. The van der Waals surface area contributed by atoms with E-state index in [4.69, 9.17) is 10.2 Å². The largest absolute Gasteiger partial charge is 0.507 e. The Hall–Kier alpha value is -2.37. The standard InChI is InChI=1S/C9H7NO5/c11-8-2-1-6(3-4-10(14)15)5-7(8)9(12)13/h1-5,11H,(H,12,13).